The number of carbonyl (C=O) groups is 1. The highest BCUT2D eigenvalue weighted by molar-refractivity contribution is 5.76. The Morgan fingerprint density at radius 3 is 2.28 bits per heavy atom. The summed E-state index contributed by atoms with van der Waals surface area (Å²) in [5.74, 6) is -0.368. The van der Waals surface area contributed by atoms with Gasteiger partial charge in [0.1, 0.15) is 5.78 Å². The normalized spacial score (nSPS) is 11.9. The van der Waals surface area contributed by atoms with Crippen molar-refractivity contribution in [2.75, 3.05) is 25.5 Å². The number of hydrogen-bond donors (Lipinski definition) is 0. The van der Waals surface area contributed by atoms with Crippen molar-refractivity contribution >= 4 is 11.5 Å². The zero-order valence-electron chi connectivity index (χ0n) is 10.9. The first-order valence-electron chi connectivity index (χ1n) is 5.78. The molecule has 0 aliphatic rings. The highest BCUT2D eigenvalue weighted by Crippen LogP contribution is 2.23. The maximum absolute atomic E-state index is 11.2. The first-order valence-corrected chi connectivity index (χ1v) is 5.78. The van der Waals surface area contributed by atoms with Crippen molar-refractivity contribution in [1.82, 2.24) is 0 Å². The second-order valence-corrected chi connectivity index (χ2v) is 4.60. The van der Waals surface area contributed by atoms with Crippen molar-refractivity contribution in [3.05, 3.63) is 39.9 Å². The number of nitrogens with zero attached hydrogens (tertiary/aromatic N) is 2. The molecule has 0 bridgehead atoms. The summed E-state index contributed by atoms with van der Waals surface area (Å²) in [4.78, 5) is 23.4. The van der Waals surface area contributed by atoms with Gasteiger partial charge >= 0.3 is 0 Å². The van der Waals surface area contributed by atoms with Crippen molar-refractivity contribution in [1.29, 1.82) is 0 Å². The highest BCUT2D eigenvalue weighted by atomic mass is 16.6. The summed E-state index contributed by atoms with van der Waals surface area (Å²) in [5.41, 5.74) is 1.87. The molecule has 1 aromatic carbocycles. The second-order valence-electron chi connectivity index (χ2n) is 4.60. The average Bonchev–Trinajstić information content (AvgIpc) is 2.27. The summed E-state index contributed by atoms with van der Waals surface area (Å²) in [6, 6.07) is 7.52. The van der Waals surface area contributed by atoms with E-state index < -0.39 is 0 Å². The Morgan fingerprint density at radius 1 is 1.33 bits per heavy atom. The molecule has 0 fully saturated rings. The van der Waals surface area contributed by atoms with Gasteiger partial charge in [-0.15, -0.1) is 0 Å². The number of benzene rings is 1. The predicted octanol–water partition coefficient (Wildman–Crippen LogP) is 2.09. The van der Waals surface area contributed by atoms with Crippen molar-refractivity contribution in [3.8, 4) is 0 Å². The number of rotatable bonds is 6. The summed E-state index contributed by atoms with van der Waals surface area (Å²) in [6.45, 7) is 1.25. The van der Waals surface area contributed by atoms with Gasteiger partial charge in [0.25, 0.3) is 0 Å². The summed E-state index contributed by atoms with van der Waals surface area (Å²) in [6.07, 6.45) is 0.211. The third-order valence-electron chi connectivity index (χ3n) is 2.78. The van der Waals surface area contributed by atoms with Crippen LogP contribution in [0.2, 0.25) is 0 Å². The molecule has 0 aliphatic heterocycles. The van der Waals surface area contributed by atoms with Gasteiger partial charge in [-0.2, -0.15) is 0 Å². The van der Waals surface area contributed by atoms with Gasteiger partial charge in [-0.25, -0.2) is 0 Å². The molecular weight excluding hydrogens is 232 g/mol. The smallest absolute Gasteiger partial charge is 0.211 e. The minimum Gasteiger partial charge on any atom is -0.378 e. The summed E-state index contributed by atoms with van der Waals surface area (Å²) in [7, 11) is 3.86. The number of hydrogen-bond acceptors (Lipinski definition) is 4. The van der Waals surface area contributed by atoms with Gasteiger partial charge in [-0.05, 0) is 24.6 Å². The minimum absolute atomic E-state index is 0.0291. The van der Waals surface area contributed by atoms with Gasteiger partial charge in [-0.3, -0.25) is 10.1 Å². The molecule has 0 N–H and O–H groups in total. The molecule has 1 rings (SSSR count). The summed E-state index contributed by atoms with van der Waals surface area (Å²) >= 11 is 0. The molecule has 98 valence electrons. The van der Waals surface area contributed by atoms with Crippen LogP contribution in [0.3, 0.4) is 0 Å². The van der Waals surface area contributed by atoms with Crippen LogP contribution >= 0.6 is 0 Å². The quantitative estimate of drug-likeness (QED) is 0.573. The van der Waals surface area contributed by atoms with Crippen LogP contribution in [0.25, 0.3) is 0 Å². The van der Waals surface area contributed by atoms with E-state index in [9.17, 15) is 14.9 Å². The lowest BCUT2D eigenvalue weighted by Gasteiger charge is -2.15. The van der Waals surface area contributed by atoms with Crippen LogP contribution in [0.15, 0.2) is 24.3 Å². The third kappa shape index (κ3) is 4.16. The average molecular weight is 250 g/mol. The van der Waals surface area contributed by atoms with Crippen molar-refractivity contribution < 1.29 is 9.72 Å². The Bertz CT molecular complexity index is 410. The van der Waals surface area contributed by atoms with Crippen LogP contribution in [0.1, 0.15) is 24.8 Å². The van der Waals surface area contributed by atoms with Crippen LogP contribution in [0.5, 0.6) is 0 Å². The van der Waals surface area contributed by atoms with E-state index in [2.05, 4.69) is 0 Å². The zero-order valence-corrected chi connectivity index (χ0v) is 10.9. The molecule has 0 amide bonds. The number of ketones is 1. The Kier molecular flexibility index (Phi) is 4.83. The molecule has 1 atom stereocenters. The first kappa shape index (κ1) is 14.2. The van der Waals surface area contributed by atoms with E-state index in [0.29, 0.717) is 0 Å². The van der Waals surface area contributed by atoms with Gasteiger partial charge < -0.3 is 9.69 Å². The molecule has 1 aromatic rings. The fraction of sp³-hybridized carbons (Fsp3) is 0.462. The first-order chi connectivity index (χ1) is 8.40. The standard InChI is InChI=1S/C13H18N2O3/c1-10(16)8-12(9-15(17)18)11-4-6-13(7-5-11)14(2)3/h4-7,12H,8-9H2,1-3H3/t12-/m1/s1. The fourth-order valence-electron chi connectivity index (χ4n) is 1.86. The molecular formula is C13H18N2O3. The SMILES string of the molecule is CC(=O)C[C@H](C[N+](=O)[O-])c1ccc(N(C)C)cc1. The van der Waals surface area contributed by atoms with Crippen LogP contribution in [0.4, 0.5) is 5.69 Å². The van der Waals surface area contributed by atoms with E-state index >= 15 is 0 Å². The Hall–Kier alpha value is -1.91. The largest absolute Gasteiger partial charge is 0.378 e. The predicted molar refractivity (Wildman–Crippen MR) is 70.7 cm³/mol. The van der Waals surface area contributed by atoms with Crippen molar-refractivity contribution in [3.63, 3.8) is 0 Å². The van der Waals surface area contributed by atoms with Crippen LogP contribution in [0, 0.1) is 10.1 Å². The maximum Gasteiger partial charge on any atom is 0.211 e. The van der Waals surface area contributed by atoms with Gasteiger partial charge in [0.15, 0.2) is 0 Å². The molecule has 0 aromatic heterocycles. The molecule has 5 heteroatoms. The van der Waals surface area contributed by atoms with Gasteiger partial charge in [0.2, 0.25) is 6.54 Å². The molecule has 0 saturated carbocycles. The van der Waals surface area contributed by atoms with E-state index in [4.69, 9.17) is 0 Å². The second kappa shape index (κ2) is 6.14. The monoisotopic (exact) mass is 250 g/mol. The highest BCUT2D eigenvalue weighted by Gasteiger charge is 2.19. The molecule has 18 heavy (non-hydrogen) atoms. The lowest BCUT2D eigenvalue weighted by atomic mass is 9.94. The van der Waals surface area contributed by atoms with E-state index in [-0.39, 0.29) is 29.6 Å². The number of anilines is 1. The Balaban J connectivity index is 2.90. The number of nitro groups is 1. The molecule has 0 heterocycles. The Labute approximate surface area is 107 Å². The minimum atomic E-state index is -0.368. The molecule has 0 aliphatic carbocycles. The summed E-state index contributed by atoms with van der Waals surface area (Å²) in [5, 5.41) is 10.6. The number of Topliss-reactive ketones (excluding diaryl/α,β-unsaturated/α-hetero) is 1. The van der Waals surface area contributed by atoms with E-state index in [1.54, 1.807) is 0 Å². The van der Waals surface area contributed by atoms with Crippen LogP contribution in [-0.2, 0) is 4.79 Å². The van der Waals surface area contributed by atoms with E-state index in [1.165, 1.54) is 6.92 Å². The lowest BCUT2D eigenvalue weighted by Crippen LogP contribution is -2.15. The van der Waals surface area contributed by atoms with Gasteiger partial charge in [0, 0.05) is 31.1 Å². The van der Waals surface area contributed by atoms with E-state index in [0.717, 1.165) is 11.3 Å². The van der Waals surface area contributed by atoms with Crippen molar-refractivity contribution in [2.24, 2.45) is 0 Å². The zero-order chi connectivity index (χ0) is 13.7. The fourth-order valence-corrected chi connectivity index (χ4v) is 1.86. The molecule has 0 unspecified atom stereocenters. The third-order valence-corrected chi connectivity index (χ3v) is 2.78. The van der Waals surface area contributed by atoms with Crippen LogP contribution in [-0.4, -0.2) is 31.3 Å². The van der Waals surface area contributed by atoms with E-state index in [1.807, 2.05) is 43.3 Å². The Morgan fingerprint density at radius 2 is 1.89 bits per heavy atom. The molecule has 0 radical (unpaired) electrons. The van der Waals surface area contributed by atoms with Gasteiger partial charge in [0.05, 0.1) is 5.92 Å². The number of carbonyl (C=O) groups excluding carboxylic acids is 1. The molecule has 0 saturated heterocycles. The molecule has 5 nitrogen and oxygen atoms in total. The maximum atomic E-state index is 11.2. The van der Waals surface area contributed by atoms with Gasteiger partial charge in [-0.1, -0.05) is 12.1 Å². The lowest BCUT2D eigenvalue weighted by molar-refractivity contribution is -0.483. The summed E-state index contributed by atoms with van der Waals surface area (Å²) < 4.78 is 0. The topological polar surface area (TPSA) is 63.4 Å². The molecule has 0 spiro atoms. The van der Waals surface area contributed by atoms with Crippen molar-refractivity contribution in [2.45, 2.75) is 19.3 Å². The van der Waals surface area contributed by atoms with Crippen LogP contribution < -0.4 is 4.90 Å².